The molecule has 8 nitrogen and oxygen atoms in total. The number of carbonyl (C=O) groups is 1. The lowest BCUT2D eigenvalue weighted by atomic mass is 10.3. The lowest BCUT2D eigenvalue weighted by Gasteiger charge is -2.34. The summed E-state index contributed by atoms with van der Waals surface area (Å²) in [4.78, 5) is 21.4. The molecule has 0 N–H and O–H groups in total. The Morgan fingerprint density at radius 3 is 2.39 bits per heavy atom. The molecular weight excluding hydrogens is 522 g/mol. The molecule has 1 saturated heterocycles. The first-order chi connectivity index (χ1) is 17.4. The zero-order valence-corrected chi connectivity index (χ0v) is 21.4. The van der Waals surface area contributed by atoms with Crippen LogP contribution in [0.2, 0.25) is 5.02 Å². The van der Waals surface area contributed by atoms with Gasteiger partial charge < -0.3 is 19.0 Å². The van der Waals surface area contributed by atoms with Gasteiger partial charge in [0.15, 0.2) is 6.61 Å². The first-order valence-corrected chi connectivity index (χ1v) is 13.9. The van der Waals surface area contributed by atoms with Crippen LogP contribution in [0.5, 0.6) is 5.75 Å². The number of carbonyl (C=O) groups excluding carboxylic acids is 1. The van der Waals surface area contributed by atoms with Crippen molar-refractivity contribution in [2.45, 2.75) is 9.92 Å². The minimum absolute atomic E-state index is 0.0644. The molecule has 0 unspecified atom stereocenters. The second kappa shape index (κ2) is 10.3. The highest BCUT2D eigenvalue weighted by Gasteiger charge is 2.33. The topological polar surface area (TPSA) is 92.9 Å². The molecule has 0 radical (unpaired) electrons. The molecule has 5 rings (SSSR count). The van der Waals surface area contributed by atoms with Crippen molar-refractivity contribution in [1.82, 2.24) is 9.88 Å². The number of thiophene rings is 1. The van der Waals surface area contributed by atoms with E-state index in [-0.39, 0.29) is 34.2 Å². The van der Waals surface area contributed by atoms with Gasteiger partial charge in [0.05, 0.1) is 9.77 Å². The van der Waals surface area contributed by atoms with E-state index >= 15 is 0 Å². The van der Waals surface area contributed by atoms with Crippen LogP contribution in [0.3, 0.4) is 0 Å². The fourth-order valence-corrected chi connectivity index (χ4v) is 5.91. The summed E-state index contributed by atoms with van der Waals surface area (Å²) < 4.78 is 38.6. The summed E-state index contributed by atoms with van der Waals surface area (Å²) in [5.74, 6) is 0.900. The third kappa shape index (κ3) is 5.11. The number of rotatable bonds is 7. The summed E-state index contributed by atoms with van der Waals surface area (Å²) in [5.41, 5.74) is 0. The number of sulfone groups is 1. The number of aromatic nitrogens is 1. The minimum Gasteiger partial charge on any atom is -0.484 e. The number of hydrogen-bond acceptors (Lipinski definition) is 8. The average Bonchev–Trinajstić information content (AvgIpc) is 3.59. The molecular formula is C25H22ClN3O5S2. The van der Waals surface area contributed by atoms with E-state index in [4.69, 9.17) is 20.8 Å². The smallest absolute Gasteiger partial charge is 0.260 e. The maximum atomic E-state index is 13.5. The molecule has 0 atom stereocenters. The Balaban J connectivity index is 1.35. The largest absolute Gasteiger partial charge is 0.484 e. The van der Waals surface area contributed by atoms with Crippen molar-refractivity contribution < 1.29 is 22.4 Å². The van der Waals surface area contributed by atoms with Crippen molar-refractivity contribution in [3.63, 3.8) is 0 Å². The molecule has 1 amide bonds. The highest BCUT2D eigenvalue weighted by atomic mass is 35.5. The zero-order valence-electron chi connectivity index (χ0n) is 19.0. The minimum atomic E-state index is -3.98. The first kappa shape index (κ1) is 24.4. The van der Waals surface area contributed by atoms with E-state index in [2.05, 4.69) is 4.98 Å². The number of halogens is 1. The average molecular weight is 544 g/mol. The van der Waals surface area contributed by atoms with Crippen LogP contribution in [0.4, 0.5) is 5.88 Å². The van der Waals surface area contributed by atoms with E-state index in [1.54, 1.807) is 17.0 Å². The van der Waals surface area contributed by atoms with Gasteiger partial charge in [0.2, 0.25) is 26.6 Å². The fourth-order valence-electron chi connectivity index (χ4n) is 3.82. The molecule has 0 saturated carbocycles. The number of oxazole rings is 1. The molecule has 36 heavy (non-hydrogen) atoms. The standard InChI is InChI=1S/C25H22ClN3O5S2/c26-18-8-10-20(11-9-18)36(31,32)24-25(34-23(27-24)21-7-4-16-35-21)29-14-12-28(13-15-29)22(30)17-33-19-5-2-1-3-6-19/h1-11,16H,12-15,17H2. The molecule has 1 aliphatic heterocycles. The molecule has 186 valence electrons. The lowest BCUT2D eigenvalue weighted by molar-refractivity contribution is -0.133. The van der Waals surface area contributed by atoms with E-state index < -0.39 is 9.84 Å². The quantitative estimate of drug-likeness (QED) is 0.336. The summed E-state index contributed by atoms with van der Waals surface area (Å²) in [7, 11) is -3.98. The monoisotopic (exact) mass is 543 g/mol. The van der Waals surface area contributed by atoms with Crippen LogP contribution in [-0.2, 0) is 14.6 Å². The van der Waals surface area contributed by atoms with Gasteiger partial charge in [-0.05, 0) is 47.8 Å². The number of benzene rings is 2. The summed E-state index contributed by atoms with van der Waals surface area (Å²) in [6.07, 6.45) is 0. The van der Waals surface area contributed by atoms with Crippen LogP contribution in [0.25, 0.3) is 10.8 Å². The van der Waals surface area contributed by atoms with Crippen molar-refractivity contribution >= 4 is 44.6 Å². The van der Waals surface area contributed by atoms with Crippen molar-refractivity contribution in [1.29, 1.82) is 0 Å². The molecule has 11 heteroatoms. The lowest BCUT2D eigenvalue weighted by Crippen LogP contribution is -2.50. The van der Waals surface area contributed by atoms with Crippen LogP contribution < -0.4 is 9.64 Å². The summed E-state index contributed by atoms with van der Waals surface area (Å²) in [6.45, 7) is 1.50. The predicted octanol–water partition coefficient (Wildman–Crippen LogP) is 4.62. The zero-order chi connectivity index (χ0) is 25.1. The Morgan fingerprint density at radius 1 is 1.00 bits per heavy atom. The Labute approximate surface area is 217 Å². The second-order valence-electron chi connectivity index (χ2n) is 8.03. The van der Waals surface area contributed by atoms with Gasteiger partial charge in [-0.1, -0.05) is 35.9 Å². The Bertz CT molecular complexity index is 1430. The maximum Gasteiger partial charge on any atom is 0.260 e. The predicted molar refractivity (Wildman–Crippen MR) is 137 cm³/mol. The number of ether oxygens (including phenoxy) is 1. The van der Waals surface area contributed by atoms with Crippen molar-refractivity contribution in [3.05, 3.63) is 77.1 Å². The van der Waals surface area contributed by atoms with Gasteiger partial charge in [-0.3, -0.25) is 4.79 Å². The SMILES string of the molecule is O=C(COc1ccccc1)N1CCN(c2oc(-c3cccs3)nc2S(=O)(=O)c2ccc(Cl)cc2)CC1. The summed E-state index contributed by atoms with van der Waals surface area (Å²) in [5, 5.41) is 2.15. The molecule has 0 spiro atoms. The van der Waals surface area contributed by atoms with E-state index in [0.717, 1.165) is 4.88 Å². The van der Waals surface area contributed by atoms with Crippen LogP contribution in [0.1, 0.15) is 0 Å². The third-order valence-electron chi connectivity index (χ3n) is 5.71. The van der Waals surface area contributed by atoms with E-state index in [1.165, 1.54) is 35.6 Å². The molecule has 0 aliphatic carbocycles. The van der Waals surface area contributed by atoms with Gasteiger partial charge in [-0.25, -0.2) is 8.42 Å². The summed E-state index contributed by atoms with van der Waals surface area (Å²) >= 11 is 7.36. The number of piperazine rings is 1. The van der Waals surface area contributed by atoms with E-state index in [1.807, 2.05) is 40.6 Å². The molecule has 2 aromatic carbocycles. The molecule has 1 fully saturated rings. The Morgan fingerprint density at radius 2 is 1.72 bits per heavy atom. The van der Waals surface area contributed by atoms with Gasteiger partial charge in [0, 0.05) is 31.2 Å². The normalized spacial score (nSPS) is 14.1. The van der Waals surface area contributed by atoms with Crippen molar-refractivity contribution in [3.8, 4) is 16.5 Å². The van der Waals surface area contributed by atoms with Crippen LogP contribution in [-0.4, -0.2) is 57.0 Å². The van der Waals surface area contributed by atoms with Crippen LogP contribution in [0.15, 0.2) is 86.4 Å². The molecule has 3 heterocycles. The fraction of sp³-hybridized carbons (Fsp3) is 0.200. The number of amides is 1. The van der Waals surface area contributed by atoms with Crippen molar-refractivity contribution in [2.75, 3.05) is 37.7 Å². The number of para-hydroxylation sites is 1. The maximum absolute atomic E-state index is 13.5. The number of hydrogen-bond donors (Lipinski definition) is 0. The highest BCUT2D eigenvalue weighted by Crippen LogP contribution is 2.36. The van der Waals surface area contributed by atoms with Gasteiger partial charge in [-0.15, -0.1) is 11.3 Å². The van der Waals surface area contributed by atoms with Crippen LogP contribution in [0, 0.1) is 0 Å². The molecule has 0 bridgehead atoms. The molecule has 2 aromatic heterocycles. The van der Waals surface area contributed by atoms with Crippen LogP contribution >= 0.6 is 22.9 Å². The van der Waals surface area contributed by atoms with Crippen molar-refractivity contribution in [2.24, 2.45) is 0 Å². The van der Waals surface area contributed by atoms with Gasteiger partial charge >= 0.3 is 0 Å². The third-order valence-corrected chi connectivity index (χ3v) is 8.49. The Hall–Kier alpha value is -3.34. The number of anilines is 1. The molecule has 1 aliphatic rings. The highest BCUT2D eigenvalue weighted by molar-refractivity contribution is 7.91. The number of nitrogens with zero attached hydrogens (tertiary/aromatic N) is 3. The molecule has 4 aromatic rings. The van der Waals surface area contributed by atoms with E-state index in [0.29, 0.717) is 37.0 Å². The Kier molecular flexibility index (Phi) is 6.99. The van der Waals surface area contributed by atoms with Gasteiger partial charge in [-0.2, -0.15) is 4.98 Å². The van der Waals surface area contributed by atoms with E-state index in [9.17, 15) is 13.2 Å². The second-order valence-corrected chi connectivity index (χ2v) is 11.3. The van der Waals surface area contributed by atoms with Gasteiger partial charge in [0.25, 0.3) is 5.91 Å². The van der Waals surface area contributed by atoms with Gasteiger partial charge in [0.1, 0.15) is 5.75 Å². The summed E-state index contributed by atoms with van der Waals surface area (Å²) in [6, 6.07) is 18.8. The first-order valence-electron chi connectivity index (χ1n) is 11.2.